The van der Waals surface area contributed by atoms with Gasteiger partial charge in [0.05, 0.1) is 5.56 Å². The van der Waals surface area contributed by atoms with Crippen molar-refractivity contribution in [1.29, 1.82) is 0 Å². The standard InChI is InChI=1S/C14H15N.C6H5NO2/c15-14(13-9-5-2-6-10-13)11-12-7-3-1-4-8-12;8-6(9)5-2-1-3-7-4-5/h1-10,14H,11,15H2;1-4H,(H,8,9). The Labute approximate surface area is 141 Å². The summed E-state index contributed by atoms with van der Waals surface area (Å²) in [5, 5.41) is 8.34. The molecule has 2 aromatic carbocycles. The summed E-state index contributed by atoms with van der Waals surface area (Å²) in [5.74, 6) is -0.942. The number of aromatic nitrogens is 1. The van der Waals surface area contributed by atoms with Crippen molar-refractivity contribution in [2.75, 3.05) is 0 Å². The molecule has 0 spiro atoms. The summed E-state index contributed by atoms with van der Waals surface area (Å²) in [6, 6.07) is 23.7. The monoisotopic (exact) mass is 320 g/mol. The van der Waals surface area contributed by atoms with E-state index < -0.39 is 5.97 Å². The molecule has 0 aliphatic heterocycles. The molecule has 1 heterocycles. The Balaban J connectivity index is 0.000000198. The van der Waals surface area contributed by atoms with Gasteiger partial charge in [0.1, 0.15) is 0 Å². The Kier molecular flexibility index (Phi) is 6.68. The van der Waals surface area contributed by atoms with Crippen LogP contribution in [0.4, 0.5) is 0 Å². The predicted molar refractivity (Wildman–Crippen MR) is 94.7 cm³/mol. The number of nitrogens with two attached hydrogens (primary N) is 1. The Morgan fingerprint density at radius 2 is 1.58 bits per heavy atom. The van der Waals surface area contributed by atoms with Gasteiger partial charge in [0.25, 0.3) is 0 Å². The third-order valence-corrected chi connectivity index (χ3v) is 3.43. The molecular formula is C20H20N2O2. The highest BCUT2D eigenvalue weighted by Gasteiger charge is 2.05. The lowest BCUT2D eigenvalue weighted by molar-refractivity contribution is 0.0696. The highest BCUT2D eigenvalue weighted by molar-refractivity contribution is 5.86. The molecular weight excluding hydrogens is 300 g/mol. The Hall–Kier alpha value is -2.98. The van der Waals surface area contributed by atoms with Gasteiger partial charge >= 0.3 is 5.97 Å². The molecule has 1 aromatic heterocycles. The highest BCUT2D eigenvalue weighted by atomic mass is 16.4. The molecule has 3 rings (SSSR count). The van der Waals surface area contributed by atoms with Crippen LogP contribution in [0.25, 0.3) is 0 Å². The molecule has 1 atom stereocenters. The summed E-state index contributed by atoms with van der Waals surface area (Å²) in [5.41, 5.74) is 8.83. The Bertz CT molecular complexity index is 731. The van der Waals surface area contributed by atoms with Crippen molar-refractivity contribution in [2.24, 2.45) is 5.73 Å². The van der Waals surface area contributed by atoms with Crippen molar-refractivity contribution in [2.45, 2.75) is 12.5 Å². The SMILES string of the molecule is NC(Cc1ccccc1)c1ccccc1.O=C(O)c1cccnc1. The normalized spacial score (nSPS) is 11.0. The van der Waals surface area contributed by atoms with Crippen LogP contribution in [0, 0.1) is 0 Å². The van der Waals surface area contributed by atoms with E-state index in [2.05, 4.69) is 29.2 Å². The van der Waals surface area contributed by atoms with Crippen LogP contribution in [-0.4, -0.2) is 16.1 Å². The van der Waals surface area contributed by atoms with Crippen LogP contribution in [0.3, 0.4) is 0 Å². The second kappa shape index (κ2) is 9.22. The van der Waals surface area contributed by atoms with E-state index in [1.807, 2.05) is 36.4 Å². The number of carboxylic acids is 1. The Morgan fingerprint density at radius 1 is 0.958 bits per heavy atom. The van der Waals surface area contributed by atoms with Crippen LogP contribution in [0.1, 0.15) is 27.5 Å². The lowest BCUT2D eigenvalue weighted by Gasteiger charge is -2.11. The molecule has 4 nitrogen and oxygen atoms in total. The molecule has 0 fully saturated rings. The van der Waals surface area contributed by atoms with Crippen LogP contribution in [0.5, 0.6) is 0 Å². The third kappa shape index (κ3) is 5.66. The van der Waals surface area contributed by atoms with E-state index >= 15 is 0 Å². The third-order valence-electron chi connectivity index (χ3n) is 3.43. The van der Waals surface area contributed by atoms with Gasteiger partial charge in [-0.05, 0) is 29.7 Å². The first-order valence-corrected chi connectivity index (χ1v) is 7.64. The maximum absolute atomic E-state index is 10.2. The van der Waals surface area contributed by atoms with Gasteiger partial charge in [-0.1, -0.05) is 60.7 Å². The van der Waals surface area contributed by atoms with Crippen LogP contribution in [0.2, 0.25) is 0 Å². The summed E-state index contributed by atoms with van der Waals surface area (Å²) in [6.45, 7) is 0. The number of carboxylic acid groups (broad SMARTS) is 1. The number of benzene rings is 2. The molecule has 3 aromatic rings. The van der Waals surface area contributed by atoms with Crippen molar-refractivity contribution in [3.05, 3.63) is 102 Å². The maximum Gasteiger partial charge on any atom is 0.337 e. The van der Waals surface area contributed by atoms with Crippen LogP contribution in [0.15, 0.2) is 85.2 Å². The minimum absolute atomic E-state index is 0.0913. The van der Waals surface area contributed by atoms with Gasteiger partial charge in [0, 0.05) is 18.4 Å². The minimum atomic E-state index is -0.942. The van der Waals surface area contributed by atoms with Crippen molar-refractivity contribution in [3.63, 3.8) is 0 Å². The first-order chi connectivity index (χ1) is 11.7. The van der Waals surface area contributed by atoms with E-state index in [1.54, 1.807) is 6.07 Å². The van der Waals surface area contributed by atoms with Crippen molar-refractivity contribution < 1.29 is 9.90 Å². The number of nitrogens with zero attached hydrogens (tertiary/aromatic N) is 1. The number of hydrogen-bond donors (Lipinski definition) is 2. The van der Waals surface area contributed by atoms with Crippen molar-refractivity contribution in [1.82, 2.24) is 4.98 Å². The first kappa shape index (κ1) is 17.4. The molecule has 0 radical (unpaired) electrons. The molecule has 4 heteroatoms. The fourth-order valence-electron chi connectivity index (χ4n) is 2.18. The van der Waals surface area contributed by atoms with Gasteiger partial charge < -0.3 is 10.8 Å². The van der Waals surface area contributed by atoms with Gasteiger partial charge in [-0.25, -0.2) is 4.79 Å². The summed E-state index contributed by atoms with van der Waals surface area (Å²) in [4.78, 5) is 13.8. The zero-order valence-corrected chi connectivity index (χ0v) is 13.2. The van der Waals surface area contributed by atoms with Gasteiger partial charge in [0.2, 0.25) is 0 Å². The second-order valence-corrected chi connectivity index (χ2v) is 5.25. The summed E-state index contributed by atoms with van der Waals surface area (Å²) in [7, 11) is 0. The van der Waals surface area contributed by atoms with E-state index in [0.717, 1.165) is 6.42 Å². The van der Waals surface area contributed by atoms with E-state index in [9.17, 15) is 4.79 Å². The molecule has 122 valence electrons. The lowest BCUT2D eigenvalue weighted by atomic mass is 10.00. The molecule has 0 aliphatic carbocycles. The molecule has 0 aliphatic rings. The van der Waals surface area contributed by atoms with Gasteiger partial charge in [0.15, 0.2) is 0 Å². The van der Waals surface area contributed by atoms with E-state index in [4.69, 9.17) is 10.8 Å². The van der Waals surface area contributed by atoms with Crippen LogP contribution in [-0.2, 0) is 6.42 Å². The van der Waals surface area contributed by atoms with Gasteiger partial charge in [-0.15, -0.1) is 0 Å². The number of carbonyl (C=O) groups is 1. The van der Waals surface area contributed by atoms with Crippen molar-refractivity contribution in [3.8, 4) is 0 Å². The fraction of sp³-hybridized carbons (Fsp3) is 0.100. The summed E-state index contributed by atoms with van der Waals surface area (Å²) >= 11 is 0. The summed E-state index contributed by atoms with van der Waals surface area (Å²) < 4.78 is 0. The maximum atomic E-state index is 10.2. The van der Waals surface area contributed by atoms with Crippen LogP contribution < -0.4 is 5.73 Å². The Morgan fingerprint density at radius 3 is 2.08 bits per heavy atom. The molecule has 0 bridgehead atoms. The fourth-order valence-corrected chi connectivity index (χ4v) is 2.18. The molecule has 3 N–H and O–H groups in total. The zero-order chi connectivity index (χ0) is 17.2. The predicted octanol–water partition coefficient (Wildman–Crippen LogP) is 3.71. The number of hydrogen-bond acceptors (Lipinski definition) is 3. The minimum Gasteiger partial charge on any atom is -0.478 e. The quantitative estimate of drug-likeness (QED) is 0.768. The number of pyridine rings is 1. The van der Waals surface area contributed by atoms with Crippen molar-refractivity contribution >= 4 is 5.97 Å². The second-order valence-electron chi connectivity index (χ2n) is 5.25. The zero-order valence-electron chi connectivity index (χ0n) is 13.2. The number of rotatable bonds is 4. The van der Waals surface area contributed by atoms with E-state index in [1.165, 1.54) is 29.6 Å². The topological polar surface area (TPSA) is 76.2 Å². The van der Waals surface area contributed by atoms with E-state index in [0.29, 0.717) is 0 Å². The molecule has 1 unspecified atom stereocenters. The smallest absolute Gasteiger partial charge is 0.337 e. The molecule has 0 saturated heterocycles. The largest absolute Gasteiger partial charge is 0.478 e. The lowest BCUT2D eigenvalue weighted by Crippen LogP contribution is -2.12. The first-order valence-electron chi connectivity index (χ1n) is 7.64. The van der Waals surface area contributed by atoms with E-state index in [-0.39, 0.29) is 11.6 Å². The van der Waals surface area contributed by atoms with Gasteiger partial charge in [-0.3, -0.25) is 4.98 Å². The average molecular weight is 320 g/mol. The van der Waals surface area contributed by atoms with Gasteiger partial charge in [-0.2, -0.15) is 0 Å². The molecule has 24 heavy (non-hydrogen) atoms. The summed E-state index contributed by atoms with van der Waals surface area (Å²) in [6.07, 6.45) is 3.74. The number of aromatic carboxylic acids is 1. The molecule has 0 saturated carbocycles. The molecule has 0 amide bonds. The van der Waals surface area contributed by atoms with Crippen LogP contribution >= 0.6 is 0 Å². The average Bonchev–Trinajstić information content (AvgIpc) is 2.64. The highest BCUT2D eigenvalue weighted by Crippen LogP contribution is 2.15.